The van der Waals surface area contributed by atoms with Gasteiger partial charge in [-0.3, -0.25) is 0 Å². The molecule has 0 amide bonds. The Morgan fingerprint density at radius 3 is 2.60 bits per heavy atom. The molecule has 0 bridgehead atoms. The first kappa shape index (κ1) is 12.7. The van der Waals surface area contributed by atoms with Gasteiger partial charge in [0.2, 0.25) is 5.89 Å². The summed E-state index contributed by atoms with van der Waals surface area (Å²) in [5, 5.41) is 9.40. The van der Waals surface area contributed by atoms with Crippen molar-refractivity contribution in [2.45, 2.75) is 13.5 Å². The minimum Gasteiger partial charge on any atom is -0.497 e. The maximum absolute atomic E-state index is 9.40. The van der Waals surface area contributed by atoms with E-state index in [0.29, 0.717) is 11.5 Å². The van der Waals surface area contributed by atoms with Crippen molar-refractivity contribution in [2.24, 2.45) is 0 Å². The van der Waals surface area contributed by atoms with E-state index in [1.807, 2.05) is 43.3 Å². The number of benzene rings is 2. The van der Waals surface area contributed by atoms with Crippen molar-refractivity contribution in [1.29, 1.82) is 0 Å². The van der Waals surface area contributed by atoms with E-state index in [1.54, 1.807) is 7.11 Å². The smallest absolute Gasteiger partial charge is 0.227 e. The predicted molar refractivity (Wildman–Crippen MR) is 76.7 cm³/mol. The van der Waals surface area contributed by atoms with Crippen LogP contribution in [-0.4, -0.2) is 17.2 Å². The lowest BCUT2D eigenvalue weighted by Gasteiger charge is -1.99. The SMILES string of the molecule is COc1ccc(-c2nc3cc(C)cc(CO)c3o2)cc1. The molecule has 1 heterocycles. The summed E-state index contributed by atoms with van der Waals surface area (Å²) in [6.07, 6.45) is 0. The van der Waals surface area contributed by atoms with Gasteiger partial charge in [0.05, 0.1) is 13.7 Å². The topological polar surface area (TPSA) is 55.5 Å². The molecule has 1 aromatic heterocycles. The molecule has 4 heteroatoms. The molecule has 102 valence electrons. The Morgan fingerprint density at radius 1 is 1.20 bits per heavy atom. The molecule has 0 saturated carbocycles. The monoisotopic (exact) mass is 269 g/mol. The van der Waals surface area contributed by atoms with E-state index in [9.17, 15) is 5.11 Å². The fraction of sp³-hybridized carbons (Fsp3) is 0.188. The number of aryl methyl sites for hydroxylation is 1. The molecule has 0 radical (unpaired) electrons. The quantitative estimate of drug-likeness (QED) is 0.792. The summed E-state index contributed by atoms with van der Waals surface area (Å²) >= 11 is 0. The summed E-state index contributed by atoms with van der Waals surface area (Å²) in [6, 6.07) is 11.4. The van der Waals surface area contributed by atoms with Crippen LogP contribution in [0.5, 0.6) is 5.75 Å². The average molecular weight is 269 g/mol. The van der Waals surface area contributed by atoms with Crippen molar-refractivity contribution in [3.63, 3.8) is 0 Å². The first-order chi connectivity index (χ1) is 9.71. The van der Waals surface area contributed by atoms with Gasteiger partial charge in [-0.25, -0.2) is 4.98 Å². The summed E-state index contributed by atoms with van der Waals surface area (Å²) in [6.45, 7) is 1.91. The number of fused-ring (bicyclic) bond motifs is 1. The van der Waals surface area contributed by atoms with Gasteiger partial charge in [0.15, 0.2) is 5.58 Å². The highest BCUT2D eigenvalue weighted by molar-refractivity contribution is 5.80. The summed E-state index contributed by atoms with van der Waals surface area (Å²) in [7, 11) is 1.63. The van der Waals surface area contributed by atoms with E-state index >= 15 is 0 Å². The molecule has 0 aliphatic heterocycles. The van der Waals surface area contributed by atoms with Gasteiger partial charge in [-0.2, -0.15) is 0 Å². The molecule has 3 aromatic rings. The minimum absolute atomic E-state index is 0.0601. The van der Waals surface area contributed by atoms with Crippen molar-refractivity contribution >= 4 is 11.1 Å². The Kier molecular flexibility index (Phi) is 3.16. The van der Waals surface area contributed by atoms with Gasteiger partial charge in [0, 0.05) is 11.1 Å². The number of aliphatic hydroxyl groups excluding tert-OH is 1. The molecular weight excluding hydrogens is 254 g/mol. The van der Waals surface area contributed by atoms with Crippen LogP contribution in [0.3, 0.4) is 0 Å². The molecule has 4 nitrogen and oxygen atoms in total. The molecule has 0 aliphatic rings. The van der Waals surface area contributed by atoms with Crippen molar-refractivity contribution in [3.05, 3.63) is 47.5 Å². The van der Waals surface area contributed by atoms with Crippen LogP contribution in [0, 0.1) is 6.92 Å². The van der Waals surface area contributed by atoms with E-state index in [1.165, 1.54) is 0 Å². The maximum Gasteiger partial charge on any atom is 0.227 e. The minimum atomic E-state index is -0.0601. The van der Waals surface area contributed by atoms with Crippen molar-refractivity contribution < 1.29 is 14.3 Å². The molecule has 0 fully saturated rings. The number of oxazole rings is 1. The van der Waals surface area contributed by atoms with E-state index in [4.69, 9.17) is 9.15 Å². The van der Waals surface area contributed by atoms with Gasteiger partial charge in [-0.05, 0) is 48.9 Å². The third kappa shape index (κ3) is 2.14. The second-order valence-corrected chi connectivity index (χ2v) is 4.68. The highest BCUT2D eigenvalue weighted by Crippen LogP contribution is 2.28. The van der Waals surface area contributed by atoms with E-state index in [-0.39, 0.29) is 6.61 Å². The largest absolute Gasteiger partial charge is 0.497 e. The molecule has 0 spiro atoms. The fourth-order valence-electron chi connectivity index (χ4n) is 2.23. The molecule has 0 atom stereocenters. The molecular formula is C16H15NO3. The van der Waals surface area contributed by atoms with Crippen LogP contribution in [-0.2, 0) is 6.61 Å². The highest BCUT2D eigenvalue weighted by atomic mass is 16.5. The number of hydrogen-bond donors (Lipinski definition) is 1. The van der Waals surface area contributed by atoms with Crippen LogP contribution in [0.15, 0.2) is 40.8 Å². The fourth-order valence-corrected chi connectivity index (χ4v) is 2.23. The Balaban J connectivity index is 2.12. The second kappa shape index (κ2) is 4.98. The van der Waals surface area contributed by atoms with Gasteiger partial charge in [0.1, 0.15) is 11.3 Å². The number of aromatic nitrogens is 1. The maximum atomic E-state index is 9.40. The lowest BCUT2D eigenvalue weighted by molar-refractivity contribution is 0.281. The number of hydrogen-bond acceptors (Lipinski definition) is 4. The van der Waals surface area contributed by atoms with Crippen molar-refractivity contribution in [1.82, 2.24) is 4.98 Å². The molecule has 20 heavy (non-hydrogen) atoms. The van der Waals surface area contributed by atoms with Gasteiger partial charge in [-0.1, -0.05) is 0 Å². The molecule has 0 unspecified atom stereocenters. The number of methoxy groups -OCH3 is 1. The molecule has 0 aliphatic carbocycles. The molecule has 2 aromatic carbocycles. The van der Waals surface area contributed by atoms with E-state index in [0.717, 1.165) is 28.0 Å². The second-order valence-electron chi connectivity index (χ2n) is 4.68. The predicted octanol–water partition coefficient (Wildman–Crippen LogP) is 3.30. The Labute approximate surface area is 116 Å². The van der Waals surface area contributed by atoms with Crippen molar-refractivity contribution in [3.8, 4) is 17.2 Å². The van der Waals surface area contributed by atoms with Crippen LogP contribution in [0.1, 0.15) is 11.1 Å². The van der Waals surface area contributed by atoms with Crippen LogP contribution >= 0.6 is 0 Å². The standard InChI is InChI=1S/C16H15NO3/c1-10-7-12(9-18)15-14(8-10)17-16(20-15)11-3-5-13(19-2)6-4-11/h3-8,18H,9H2,1-2H3. The van der Waals surface area contributed by atoms with Gasteiger partial charge >= 0.3 is 0 Å². The number of aliphatic hydroxyl groups is 1. The Bertz CT molecular complexity index is 744. The van der Waals surface area contributed by atoms with Gasteiger partial charge in [-0.15, -0.1) is 0 Å². The first-order valence-electron chi connectivity index (χ1n) is 6.36. The summed E-state index contributed by atoms with van der Waals surface area (Å²) < 4.78 is 10.9. The molecule has 3 rings (SSSR count). The summed E-state index contributed by atoms with van der Waals surface area (Å²) in [5.74, 6) is 1.33. The Hall–Kier alpha value is -2.33. The third-order valence-electron chi connectivity index (χ3n) is 3.22. The lowest BCUT2D eigenvalue weighted by Crippen LogP contribution is -1.85. The molecule has 0 saturated heterocycles. The lowest BCUT2D eigenvalue weighted by atomic mass is 10.1. The number of rotatable bonds is 3. The Morgan fingerprint density at radius 2 is 1.95 bits per heavy atom. The third-order valence-corrected chi connectivity index (χ3v) is 3.22. The number of ether oxygens (including phenoxy) is 1. The van der Waals surface area contributed by atoms with Crippen LogP contribution in [0.2, 0.25) is 0 Å². The zero-order valence-corrected chi connectivity index (χ0v) is 11.4. The van der Waals surface area contributed by atoms with Crippen LogP contribution < -0.4 is 4.74 Å². The van der Waals surface area contributed by atoms with E-state index in [2.05, 4.69) is 4.98 Å². The first-order valence-corrected chi connectivity index (χ1v) is 6.36. The van der Waals surface area contributed by atoms with Gasteiger partial charge in [0.25, 0.3) is 0 Å². The van der Waals surface area contributed by atoms with Crippen molar-refractivity contribution in [2.75, 3.05) is 7.11 Å². The summed E-state index contributed by atoms with van der Waals surface area (Å²) in [5.41, 5.74) is 4.09. The highest BCUT2D eigenvalue weighted by Gasteiger charge is 2.12. The zero-order chi connectivity index (χ0) is 14.1. The van der Waals surface area contributed by atoms with Crippen LogP contribution in [0.25, 0.3) is 22.6 Å². The summed E-state index contributed by atoms with van der Waals surface area (Å²) in [4.78, 5) is 4.49. The number of nitrogens with zero attached hydrogens (tertiary/aromatic N) is 1. The normalized spacial score (nSPS) is 10.9. The van der Waals surface area contributed by atoms with Crippen LogP contribution in [0.4, 0.5) is 0 Å². The molecule has 1 N–H and O–H groups in total. The zero-order valence-electron chi connectivity index (χ0n) is 11.4. The average Bonchev–Trinajstić information content (AvgIpc) is 2.90. The van der Waals surface area contributed by atoms with Gasteiger partial charge < -0.3 is 14.3 Å². The van der Waals surface area contributed by atoms with E-state index < -0.39 is 0 Å².